The molecule has 0 fully saturated rings. The van der Waals surface area contributed by atoms with Crippen LogP contribution in [0.3, 0.4) is 0 Å². The Hall–Kier alpha value is -8.42. The van der Waals surface area contributed by atoms with Crippen molar-refractivity contribution in [3.05, 3.63) is 36.0 Å². The first-order chi connectivity index (χ1) is 43.1. The Labute approximate surface area is 539 Å². The Balaban J connectivity index is 1.91. The van der Waals surface area contributed by atoms with Crippen LogP contribution in [0.2, 0.25) is 0 Å². The molecule has 3 unspecified atom stereocenters. The maximum atomic E-state index is 14.6. The molecule has 504 valence electrons. The summed E-state index contributed by atoms with van der Waals surface area (Å²) in [6, 6.07) is -1.53. The van der Waals surface area contributed by atoms with Gasteiger partial charge in [-0.2, -0.15) is 0 Å². The number of nitrogens with two attached hydrogens (primary N) is 2. The van der Waals surface area contributed by atoms with Crippen molar-refractivity contribution in [2.24, 2.45) is 40.6 Å². The molecule has 2 heterocycles. The van der Waals surface area contributed by atoms with Gasteiger partial charge in [-0.15, -0.1) is 0 Å². The molecule has 0 aliphatic carbocycles. The molecule has 3 rings (SSSR count). The van der Waals surface area contributed by atoms with Gasteiger partial charge < -0.3 is 59.0 Å². The number of hydrogen-bond acceptors (Lipinski definition) is 16. The molecule has 0 saturated carbocycles. The van der Waals surface area contributed by atoms with Gasteiger partial charge in [0, 0.05) is 79.5 Å². The summed E-state index contributed by atoms with van der Waals surface area (Å²) in [6.07, 6.45) is 4.08. The average Bonchev–Trinajstić information content (AvgIpc) is 1.40. The Kier molecular flexibility index (Phi) is 31.5. The van der Waals surface area contributed by atoms with Crippen molar-refractivity contribution >= 4 is 92.9 Å². The molecule has 0 radical (unpaired) electrons. The van der Waals surface area contributed by atoms with Crippen LogP contribution in [0.4, 0.5) is 0 Å². The number of aromatic nitrogens is 1. The van der Waals surface area contributed by atoms with Gasteiger partial charge in [0.05, 0.1) is 30.1 Å². The predicted octanol–water partition coefficient (Wildman–Crippen LogP) is 2.07. The second-order valence-electron chi connectivity index (χ2n) is 25.5. The van der Waals surface area contributed by atoms with Crippen molar-refractivity contribution in [3.63, 3.8) is 0 Å². The van der Waals surface area contributed by atoms with E-state index in [1.165, 1.54) is 55.4 Å². The van der Waals surface area contributed by atoms with Gasteiger partial charge in [-0.25, -0.2) is 0 Å². The van der Waals surface area contributed by atoms with Crippen LogP contribution in [0.15, 0.2) is 30.5 Å². The molecular weight excluding hydrogens is 1180 g/mol. The molecule has 25 heteroatoms. The van der Waals surface area contributed by atoms with E-state index in [1.807, 2.05) is 38.1 Å². The van der Waals surface area contributed by atoms with Gasteiger partial charge in [-0.1, -0.05) is 64.2 Å². The van der Waals surface area contributed by atoms with Crippen molar-refractivity contribution in [3.8, 4) is 23.7 Å². The van der Waals surface area contributed by atoms with Crippen LogP contribution < -0.4 is 54.0 Å². The molecule has 1 aliphatic heterocycles. The van der Waals surface area contributed by atoms with Gasteiger partial charge in [-0.05, 0) is 136 Å². The van der Waals surface area contributed by atoms with Gasteiger partial charge in [-0.3, -0.25) is 67.1 Å². The minimum Gasteiger partial charge on any atom is -0.370 e. The van der Waals surface area contributed by atoms with E-state index in [-0.39, 0.29) is 75.5 Å². The normalized spacial score (nSPS) is 23.1. The standard InChI is InChI=1S/C67H97N11O14/c1-38(2)31-49-37-72-52(27-28-54(68)81)58(85)57(84)43(7)74-63(90)47(32-48-36-71-51-26-22-21-25-50(48)51)33-53(80)66(11,34-40(4)79)29-23-19-17-15-13-14-16-18-20-24-30-67(12,78-64(49)91)65(92)77-46(10)62(89)76-45(9)61(88)75-44(8)60(87)73-42(6)56(83)55(82)41(5)70-35-39(3)59(69)86/h21-22,25-26,36,38-39,41-47,49,52,70-72H,17-20,23-24,27-35,37H2,1-12H3,(H2,68,81)(H2,69,86)(H,73,87)(H,74,90)(H,75,88)(H,76,89)(H,77,92)(H,78,91)/t39-,41-,42-,43?,44?,45-,46?,47+,49+,52-,66-,67-/m0/s1. The van der Waals surface area contributed by atoms with E-state index in [4.69, 9.17) is 11.5 Å². The molecule has 13 N–H and O–H groups in total. The first-order valence-electron chi connectivity index (χ1n) is 31.7. The van der Waals surface area contributed by atoms with Crippen molar-refractivity contribution in [1.82, 2.24) is 47.5 Å². The summed E-state index contributed by atoms with van der Waals surface area (Å²) in [7, 11) is 0. The van der Waals surface area contributed by atoms with Crippen LogP contribution in [-0.2, 0) is 73.5 Å². The first kappa shape index (κ1) is 77.8. The lowest BCUT2D eigenvalue weighted by Crippen LogP contribution is -2.62. The number of primary amides is 2. The summed E-state index contributed by atoms with van der Waals surface area (Å²) in [5.41, 5.74) is 9.48. The Bertz CT molecular complexity index is 3170. The van der Waals surface area contributed by atoms with E-state index in [9.17, 15) is 67.1 Å². The van der Waals surface area contributed by atoms with Crippen LogP contribution in [0.25, 0.3) is 10.9 Å². The van der Waals surface area contributed by atoms with Crippen molar-refractivity contribution in [1.29, 1.82) is 0 Å². The lowest BCUT2D eigenvalue weighted by atomic mass is 9.73. The zero-order valence-electron chi connectivity index (χ0n) is 55.4. The van der Waals surface area contributed by atoms with Gasteiger partial charge >= 0.3 is 0 Å². The maximum absolute atomic E-state index is 14.6. The van der Waals surface area contributed by atoms with E-state index in [2.05, 4.69) is 71.2 Å². The van der Waals surface area contributed by atoms with Crippen LogP contribution in [0, 0.1) is 52.8 Å². The number of carbonyl (C=O) groups is 14. The third kappa shape index (κ3) is 25.0. The fraction of sp³-hybridized carbons (Fsp3) is 0.612. The maximum Gasteiger partial charge on any atom is 0.246 e. The second-order valence-corrected chi connectivity index (χ2v) is 25.5. The number of ketones is 6. The molecular formula is C67H97N11O14. The smallest absolute Gasteiger partial charge is 0.246 e. The predicted molar refractivity (Wildman–Crippen MR) is 345 cm³/mol. The summed E-state index contributed by atoms with van der Waals surface area (Å²) < 4.78 is 0. The number of Topliss-reactive ketones (excluding diaryl/α,β-unsaturated/α-hetero) is 6. The Morgan fingerprint density at radius 1 is 0.685 bits per heavy atom. The van der Waals surface area contributed by atoms with Gasteiger partial charge in [0.2, 0.25) is 70.4 Å². The van der Waals surface area contributed by atoms with Crippen molar-refractivity contribution < 1.29 is 67.1 Å². The van der Waals surface area contributed by atoms with E-state index in [0.29, 0.717) is 44.9 Å². The number of nitrogens with one attached hydrogen (secondary N) is 9. The molecule has 0 spiro atoms. The summed E-state index contributed by atoms with van der Waals surface area (Å²) in [5, 5.41) is 22.1. The summed E-state index contributed by atoms with van der Waals surface area (Å²) >= 11 is 0. The van der Waals surface area contributed by atoms with Gasteiger partial charge in [0.15, 0.2) is 0 Å². The molecule has 0 saturated heterocycles. The number of benzene rings is 1. The van der Waals surface area contributed by atoms with E-state index in [1.54, 1.807) is 20.0 Å². The average molecular weight is 1280 g/mol. The third-order valence-corrected chi connectivity index (χ3v) is 16.5. The zero-order chi connectivity index (χ0) is 69.2. The number of aromatic amines is 1. The molecule has 92 heavy (non-hydrogen) atoms. The summed E-state index contributed by atoms with van der Waals surface area (Å²) in [4.78, 5) is 192. The van der Waals surface area contributed by atoms with E-state index in [0.717, 1.165) is 16.5 Å². The number of carbonyl (C=O) groups excluding carboxylic acids is 14. The Morgan fingerprint density at radius 2 is 1.24 bits per heavy atom. The number of para-hydroxylation sites is 1. The number of H-pyrrole nitrogens is 1. The van der Waals surface area contributed by atoms with Crippen molar-refractivity contribution in [2.75, 3.05) is 13.1 Å². The summed E-state index contributed by atoms with van der Waals surface area (Å²) in [5.74, 6) is -1.36. The van der Waals surface area contributed by atoms with Crippen LogP contribution in [-0.4, -0.2) is 148 Å². The minimum atomic E-state index is -1.70. The quantitative estimate of drug-likeness (QED) is 0.0529. The SMILES string of the molecule is CC(=O)C[C@]1(C)CCCCC#CC#CCCCC[C@@](C)(C(=O)NC(C)C(=O)N[C@@H](C)C(=O)NC(C)C(=O)N[C@@H](C)C(=O)C(=O)[C@H](C)NC[C@H](C)C(N)=O)NC(=O)[C@H](CC(C)C)CN[C@@H](CCC(N)=O)C(=O)C(=O)C(C)NC(=O)[C@H](Cc2c[nH]c3ccccc23)CC1=O. The highest BCUT2D eigenvalue weighted by Crippen LogP contribution is 2.34. The molecule has 8 amide bonds. The second kappa shape index (κ2) is 37.2. The number of amides is 8. The third-order valence-electron chi connectivity index (χ3n) is 16.5. The highest BCUT2D eigenvalue weighted by Gasteiger charge is 2.41. The lowest BCUT2D eigenvalue weighted by molar-refractivity contribution is -0.141. The molecule has 0 bridgehead atoms. The largest absolute Gasteiger partial charge is 0.370 e. The van der Waals surface area contributed by atoms with Gasteiger partial charge in [0.1, 0.15) is 35.2 Å². The fourth-order valence-corrected chi connectivity index (χ4v) is 10.5. The van der Waals surface area contributed by atoms with E-state index < -0.39 is 141 Å². The zero-order valence-corrected chi connectivity index (χ0v) is 55.4. The monoisotopic (exact) mass is 1280 g/mol. The topological polar surface area (TPSA) is 403 Å². The van der Waals surface area contributed by atoms with E-state index >= 15 is 0 Å². The lowest BCUT2D eigenvalue weighted by Gasteiger charge is -2.33. The van der Waals surface area contributed by atoms with Crippen molar-refractivity contribution in [2.45, 2.75) is 221 Å². The molecule has 1 aromatic carbocycles. The first-order valence-corrected chi connectivity index (χ1v) is 31.7. The number of rotatable bonds is 24. The van der Waals surface area contributed by atoms with Crippen LogP contribution in [0.1, 0.15) is 172 Å². The molecule has 1 aliphatic rings. The fourth-order valence-electron chi connectivity index (χ4n) is 10.5. The number of hydrogen-bond donors (Lipinski definition) is 11. The molecule has 1 aromatic heterocycles. The van der Waals surface area contributed by atoms with Crippen LogP contribution >= 0.6 is 0 Å². The number of fused-ring (bicyclic) bond motifs is 1. The van der Waals surface area contributed by atoms with Crippen LogP contribution in [0.5, 0.6) is 0 Å². The molecule has 2 aromatic rings. The molecule has 25 nitrogen and oxygen atoms in total. The minimum absolute atomic E-state index is 0.0307. The highest BCUT2D eigenvalue weighted by molar-refractivity contribution is 6.41. The van der Waals surface area contributed by atoms with Gasteiger partial charge in [0.25, 0.3) is 0 Å². The Morgan fingerprint density at radius 3 is 1.80 bits per heavy atom. The molecule has 12 atom stereocenters. The highest BCUT2D eigenvalue weighted by atomic mass is 16.2. The summed E-state index contributed by atoms with van der Waals surface area (Å²) in [6.45, 7) is 17.7.